The number of aromatic nitrogens is 2. The van der Waals surface area contributed by atoms with E-state index in [1.54, 1.807) is 0 Å². The summed E-state index contributed by atoms with van der Waals surface area (Å²) < 4.78 is 1.96. The maximum absolute atomic E-state index is 5.74. The molecule has 1 saturated heterocycles. The highest BCUT2D eigenvalue weighted by Crippen LogP contribution is 2.09. The SMILES string of the molecule is Cc1nn(CCCN2CCCC2)cc1N. The number of nitrogens with zero attached hydrogens (tertiary/aromatic N) is 3. The average Bonchev–Trinajstić information content (AvgIpc) is 2.79. The van der Waals surface area contributed by atoms with Crippen molar-refractivity contribution < 1.29 is 0 Å². The highest BCUT2D eigenvalue weighted by molar-refractivity contribution is 5.39. The van der Waals surface area contributed by atoms with Crippen LogP contribution in [0.4, 0.5) is 5.69 Å². The van der Waals surface area contributed by atoms with Crippen LogP contribution in [0.3, 0.4) is 0 Å². The van der Waals surface area contributed by atoms with E-state index < -0.39 is 0 Å². The number of nitrogens with two attached hydrogens (primary N) is 1. The second-order valence-corrected chi connectivity index (χ2v) is 4.34. The van der Waals surface area contributed by atoms with Gasteiger partial charge in [0.05, 0.1) is 11.4 Å². The van der Waals surface area contributed by atoms with Crippen molar-refractivity contribution in [2.24, 2.45) is 0 Å². The van der Waals surface area contributed by atoms with Crippen LogP contribution in [0.1, 0.15) is 25.0 Å². The quantitative estimate of drug-likeness (QED) is 0.810. The van der Waals surface area contributed by atoms with E-state index in [2.05, 4.69) is 10.00 Å². The van der Waals surface area contributed by atoms with Crippen molar-refractivity contribution in [2.75, 3.05) is 25.4 Å². The van der Waals surface area contributed by atoms with Crippen LogP contribution >= 0.6 is 0 Å². The van der Waals surface area contributed by atoms with Gasteiger partial charge < -0.3 is 10.6 Å². The van der Waals surface area contributed by atoms with Crippen LogP contribution in [0.2, 0.25) is 0 Å². The smallest absolute Gasteiger partial charge is 0.0822 e. The first-order chi connectivity index (χ1) is 7.25. The van der Waals surface area contributed by atoms with Crippen LogP contribution in [-0.2, 0) is 6.54 Å². The zero-order chi connectivity index (χ0) is 10.7. The van der Waals surface area contributed by atoms with Crippen LogP contribution in [0, 0.1) is 6.92 Å². The molecule has 1 fully saturated rings. The molecule has 4 heteroatoms. The van der Waals surface area contributed by atoms with E-state index in [0.29, 0.717) is 0 Å². The molecule has 1 aliphatic heterocycles. The standard InChI is InChI=1S/C11H20N4/c1-10-11(12)9-15(13-10)8-4-7-14-5-2-3-6-14/h9H,2-8,12H2,1H3. The molecule has 0 radical (unpaired) electrons. The Labute approximate surface area is 91.1 Å². The second-order valence-electron chi connectivity index (χ2n) is 4.34. The van der Waals surface area contributed by atoms with Crippen molar-refractivity contribution in [3.63, 3.8) is 0 Å². The van der Waals surface area contributed by atoms with E-state index in [-0.39, 0.29) is 0 Å². The molecule has 15 heavy (non-hydrogen) atoms. The predicted molar refractivity (Wildman–Crippen MR) is 61.7 cm³/mol. The van der Waals surface area contributed by atoms with E-state index in [0.717, 1.165) is 17.9 Å². The van der Waals surface area contributed by atoms with E-state index in [1.165, 1.54) is 38.9 Å². The molecule has 2 rings (SSSR count). The molecule has 0 saturated carbocycles. The Morgan fingerprint density at radius 3 is 2.67 bits per heavy atom. The molecular weight excluding hydrogens is 188 g/mol. The number of hydrogen-bond donors (Lipinski definition) is 1. The van der Waals surface area contributed by atoms with E-state index in [1.807, 2.05) is 17.8 Å². The van der Waals surface area contributed by atoms with Crippen LogP contribution in [-0.4, -0.2) is 34.3 Å². The van der Waals surface area contributed by atoms with Crippen molar-refractivity contribution in [1.82, 2.24) is 14.7 Å². The van der Waals surface area contributed by atoms with Crippen molar-refractivity contribution in [1.29, 1.82) is 0 Å². The number of aryl methyl sites for hydroxylation is 2. The zero-order valence-electron chi connectivity index (χ0n) is 9.45. The predicted octanol–water partition coefficient (Wildman–Crippen LogP) is 1.26. The summed E-state index contributed by atoms with van der Waals surface area (Å²) in [6.07, 6.45) is 5.83. The molecule has 0 atom stereocenters. The van der Waals surface area contributed by atoms with Gasteiger partial charge in [0.1, 0.15) is 0 Å². The van der Waals surface area contributed by atoms with Crippen molar-refractivity contribution in [2.45, 2.75) is 32.7 Å². The molecule has 2 N–H and O–H groups in total. The lowest BCUT2D eigenvalue weighted by molar-refractivity contribution is 0.322. The Kier molecular flexibility index (Phi) is 3.26. The molecule has 0 unspecified atom stereocenters. The molecule has 0 amide bonds. The van der Waals surface area contributed by atoms with Gasteiger partial charge in [-0.25, -0.2) is 0 Å². The van der Waals surface area contributed by atoms with Crippen LogP contribution < -0.4 is 5.73 Å². The number of rotatable bonds is 4. The fourth-order valence-electron chi connectivity index (χ4n) is 2.11. The number of hydrogen-bond acceptors (Lipinski definition) is 3. The molecule has 1 aliphatic rings. The normalized spacial score (nSPS) is 17.4. The Morgan fingerprint density at radius 1 is 1.33 bits per heavy atom. The van der Waals surface area contributed by atoms with Gasteiger partial charge in [0.25, 0.3) is 0 Å². The monoisotopic (exact) mass is 208 g/mol. The summed E-state index contributed by atoms with van der Waals surface area (Å²) >= 11 is 0. The molecular formula is C11H20N4. The second kappa shape index (κ2) is 4.66. The summed E-state index contributed by atoms with van der Waals surface area (Å²) in [7, 11) is 0. The van der Waals surface area contributed by atoms with Gasteiger partial charge in [-0.1, -0.05) is 0 Å². The molecule has 0 bridgehead atoms. The van der Waals surface area contributed by atoms with E-state index in [4.69, 9.17) is 5.73 Å². The minimum atomic E-state index is 0.802. The minimum absolute atomic E-state index is 0.802. The number of likely N-dealkylation sites (tertiary alicyclic amines) is 1. The summed E-state index contributed by atoms with van der Waals surface area (Å²) in [6.45, 7) is 6.68. The number of anilines is 1. The van der Waals surface area contributed by atoms with E-state index >= 15 is 0 Å². The Balaban J connectivity index is 1.73. The molecule has 0 spiro atoms. The van der Waals surface area contributed by atoms with Gasteiger partial charge in [-0.05, 0) is 45.8 Å². The lowest BCUT2D eigenvalue weighted by Crippen LogP contribution is -2.21. The highest BCUT2D eigenvalue weighted by Gasteiger charge is 2.10. The van der Waals surface area contributed by atoms with Gasteiger partial charge >= 0.3 is 0 Å². The highest BCUT2D eigenvalue weighted by atomic mass is 15.3. The molecule has 84 valence electrons. The van der Waals surface area contributed by atoms with Gasteiger partial charge in [0.2, 0.25) is 0 Å². The van der Waals surface area contributed by atoms with Gasteiger partial charge in [-0.2, -0.15) is 5.10 Å². The summed E-state index contributed by atoms with van der Waals surface area (Å²) in [5.41, 5.74) is 7.48. The Bertz CT molecular complexity index is 293. The van der Waals surface area contributed by atoms with Crippen molar-refractivity contribution >= 4 is 5.69 Å². The summed E-state index contributed by atoms with van der Waals surface area (Å²) in [5, 5.41) is 4.35. The molecule has 1 aromatic heterocycles. The van der Waals surface area contributed by atoms with Crippen molar-refractivity contribution in [3.05, 3.63) is 11.9 Å². The fraction of sp³-hybridized carbons (Fsp3) is 0.727. The number of nitrogen functional groups attached to an aromatic ring is 1. The largest absolute Gasteiger partial charge is 0.396 e. The van der Waals surface area contributed by atoms with Gasteiger partial charge in [-0.15, -0.1) is 0 Å². The lowest BCUT2D eigenvalue weighted by atomic mass is 10.4. The maximum Gasteiger partial charge on any atom is 0.0822 e. The van der Waals surface area contributed by atoms with Gasteiger partial charge in [-0.3, -0.25) is 4.68 Å². The maximum atomic E-state index is 5.74. The first kappa shape index (κ1) is 10.5. The molecule has 0 aromatic carbocycles. The molecule has 4 nitrogen and oxygen atoms in total. The van der Waals surface area contributed by atoms with Crippen LogP contribution in [0.5, 0.6) is 0 Å². The lowest BCUT2D eigenvalue weighted by Gasteiger charge is -2.13. The summed E-state index contributed by atoms with van der Waals surface area (Å²) in [6, 6.07) is 0. The first-order valence-corrected chi connectivity index (χ1v) is 5.77. The van der Waals surface area contributed by atoms with Gasteiger partial charge in [0.15, 0.2) is 0 Å². The van der Waals surface area contributed by atoms with Gasteiger partial charge in [0, 0.05) is 12.7 Å². The van der Waals surface area contributed by atoms with Crippen LogP contribution in [0.15, 0.2) is 6.20 Å². The Hall–Kier alpha value is -1.03. The summed E-state index contributed by atoms with van der Waals surface area (Å²) in [4.78, 5) is 2.53. The topological polar surface area (TPSA) is 47.1 Å². The average molecular weight is 208 g/mol. The third-order valence-electron chi connectivity index (χ3n) is 3.04. The van der Waals surface area contributed by atoms with Crippen LogP contribution in [0.25, 0.3) is 0 Å². The fourth-order valence-corrected chi connectivity index (χ4v) is 2.11. The first-order valence-electron chi connectivity index (χ1n) is 5.77. The molecule has 1 aromatic rings. The van der Waals surface area contributed by atoms with Crippen molar-refractivity contribution in [3.8, 4) is 0 Å². The Morgan fingerprint density at radius 2 is 2.07 bits per heavy atom. The third kappa shape index (κ3) is 2.72. The molecule has 0 aliphatic carbocycles. The minimum Gasteiger partial charge on any atom is -0.396 e. The summed E-state index contributed by atoms with van der Waals surface area (Å²) in [5.74, 6) is 0. The zero-order valence-corrected chi connectivity index (χ0v) is 9.45. The third-order valence-corrected chi connectivity index (χ3v) is 3.04. The van der Waals surface area contributed by atoms with E-state index in [9.17, 15) is 0 Å². The molecule has 2 heterocycles.